The molecular weight excluding hydrogens is 342 g/mol. The van der Waals surface area contributed by atoms with Crippen LogP contribution >= 0.6 is 0 Å². The van der Waals surface area contributed by atoms with E-state index in [0.29, 0.717) is 18.7 Å². The van der Waals surface area contributed by atoms with Crippen molar-refractivity contribution in [1.82, 2.24) is 24.4 Å². The van der Waals surface area contributed by atoms with E-state index < -0.39 is 0 Å². The third-order valence-electron chi connectivity index (χ3n) is 4.91. The second kappa shape index (κ2) is 7.57. The molecule has 4 rings (SSSR count). The van der Waals surface area contributed by atoms with Gasteiger partial charge in [0.05, 0.1) is 17.8 Å². The average Bonchev–Trinajstić information content (AvgIpc) is 3.17. The predicted octanol–water partition coefficient (Wildman–Crippen LogP) is 2.03. The van der Waals surface area contributed by atoms with Gasteiger partial charge in [-0.15, -0.1) is 0 Å². The summed E-state index contributed by atoms with van der Waals surface area (Å²) < 4.78 is 2.11. The van der Waals surface area contributed by atoms with Crippen molar-refractivity contribution in [3.05, 3.63) is 82.6 Å². The number of nitrogens with one attached hydrogen (secondary N) is 1. The molecule has 3 aromatic heterocycles. The molecule has 0 unspecified atom stereocenters. The number of H-pyrrole nitrogens is 1. The van der Waals surface area contributed by atoms with Crippen LogP contribution in [0, 0.1) is 0 Å². The molecule has 1 amide bonds. The van der Waals surface area contributed by atoms with Crippen LogP contribution in [0.4, 0.5) is 0 Å². The molecule has 27 heavy (non-hydrogen) atoms. The third kappa shape index (κ3) is 3.81. The summed E-state index contributed by atoms with van der Waals surface area (Å²) in [6, 6.07) is 8.83. The molecule has 0 aliphatic carbocycles. The van der Waals surface area contributed by atoms with Gasteiger partial charge in [-0.05, 0) is 31.0 Å². The predicted molar refractivity (Wildman–Crippen MR) is 101 cm³/mol. The highest BCUT2D eigenvalue weighted by molar-refractivity contribution is 5.93. The molecule has 7 nitrogen and oxygen atoms in total. The molecule has 138 valence electrons. The molecule has 1 fully saturated rings. The lowest BCUT2D eigenvalue weighted by Gasteiger charge is -2.32. The summed E-state index contributed by atoms with van der Waals surface area (Å²) in [5.74, 6) is 1.11. The van der Waals surface area contributed by atoms with Crippen molar-refractivity contribution in [2.24, 2.45) is 0 Å². The van der Waals surface area contributed by atoms with Crippen molar-refractivity contribution in [1.29, 1.82) is 0 Å². The van der Waals surface area contributed by atoms with Crippen LogP contribution in [0.5, 0.6) is 0 Å². The van der Waals surface area contributed by atoms with Gasteiger partial charge in [0.1, 0.15) is 5.82 Å². The SMILES string of the molecule is O=C(c1ccc(=O)[nH]c1)N1CCC[C@H](c2nccn2Cc2ccccn2)C1. The Hall–Kier alpha value is -3.22. The van der Waals surface area contributed by atoms with Gasteiger partial charge >= 0.3 is 0 Å². The highest BCUT2D eigenvalue weighted by Gasteiger charge is 2.28. The molecule has 0 saturated carbocycles. The van der Waals surface area contributed by atoms with Crippen LogP contribution in [0.25, 0.3) is 0 Å². The summed E-state index contributed by atoms with van der Waals surface area (Å²) in [6.07, 6.45) is 8.96. The van der Waals surface area contributed by atoms with Crippen LogP contribution in [0.3, 0.4) is 0 Å². The van der Waals surface area contributed by atoms with Crippen molar-refractivity contribution in [2.75, 3.05) is 13.1 Å². The fraction of sp³-hybridized carbons (Fsp3) is 0.300. The first-order valence-corrected chi connectivity index (χ1v) is 9.09. The molecule has 1 N–H and O–H groups in total. The number of carbonyl (C=O) groups is 1. The Labute approximate surface area is 156 Å². The lowest BCUT2D eigenvalue weighted by molar-refractivity contribution is 0.0703. The summed E-state index contributed by atoms with van der Waals surface area (Å²) in [6.45, 7) is 2.01. The number of pyridine rings is 2. The van der Waals surface area contributed by atoms with Gasteiger partial charge in [-0.1, -0.05) is 6.07 Å². The minimum atomic E-state index is -0.209. The van der Waals surface area contributed by atoms with E-state index in [1.165, 1.54) is 12.3 Å². The number of carbonyl (C=O) groups excluding carboxylic acids is 1. The fourth-order valence-electron chi connectivity index (χ4n) is 3.58. The summed E-state index contributed by atoms with van der Waals surface area (Å²) >= 11 is 0. The second-order valence-electron chi connectivity index (χ2n) is 6.77. The zero-order chi connectivity index (χ0) is 18.6. The van der Waals surface area contributed by atoms with Crippen molar-refractivity contribution >= 4 is 5.91 Å². The van der Waals surface area contributed by atoms with Crippen molar-refractivity contribution in [2.45, 2.75) is 25.3 Å². The minimum absolute atomic E-state index is 0.0567. The first kappa shape index (κ1) is 17.2. The summed E-state index contributed by atoms with van der Waals surface area (Å²) in [7, 11) is 0. The second-order valence-corrected chi connectivity index (χ2v) is 6.77. The van der Waals surface area contributed by atoms with Crippen LogP contribution in [0.15, 0.2) is 59.9 Å². The minimum Gasteiger partial charge on any atom is -0.338 e. The number of aromatic nitrogens is 4. The monoisotopic (exact) mass is 363 g/mol. The van der Waals surface area contributed by atoms with Gasteiger partial charge in [-0.25, -0.2) is 4.98 Å². The molecule has 1 aliphatic heterocycles. The Morgan fingerprint density at radius 1 is 1.19 bits per heavy atom. The number of rotatable bonds is 4. The number of piperidine rings is 1. The first-order valence-electron chi connectivity index (χ1n) is 9.09. The number of hydrogen-bond acceptors (Lipinski definition) is 4. The van der Waals surface area contributed by atoms with Gasteiger partial charge in [0, 0.05) is 49.9 Å². The molecule has 7 heteroatoms. The maximum Gasteiger partial charge on any atom is 0.255 e. The lowest BCUT2D eigenvalue weighted by atomic mass is 9.96. The Bertz CT molecular complexity index is 959. The van der Waals surface area contributed by atoms with E-state index in [2.05, 4.69) is 19.5 Å². The van der Waals surface area contributed by atoms with Gasteiger partial charge in [-0.2, -0.15) is 0 Å². The Morgan fingerprint density at radius 3 is 2.89 bits per heavy atom. The molecule has 1 aliphatic rings. The van der Waals surface area contributed by atoms with Gasteiger partial charge in [0.25, 0.3) is 5.91 Å². The van der Waals surface area contributed by atoms with Crippen LogP contribution in [-0.4, -0.2) is 43.4 Å². The lowest BCUT2D eigenvalue weighted by Crippen LogP contribution is -2.40. The number of amides is 1. The van der Waals surface area contributed by atoms with Gasteiger partial charge < -0.3 is 14.5 Å². The van der Waals surface area contributed by atoms with E-state index in [1.54, 1.807) is 18.5 Å². The normalized spacial score (nSPS) is 17.0. The smallest absolute Gasteiger partial charge is 0.255 e. The maximum atomic E-state index is 12.8. The topological polar surface area (TPSA) is 83.9 Å². The summed E-state index contributed by atoms with van der Waals surface area (Å²) in [5, 5.41) is 0. The Balaban J connectivity index is 1.50. The number of aromatic amines is 1. The molecule has 1 atom stereocenters. The summed E-state index contributed by atoms with van der Waals surface area (Å²) in [5.41, 5.74) is 1.28. The van der Waals surface area contributed by atoms with Gasteiger partial charge in [0.15, 0.2) is 0 Å². The van der Waals surface area contributed by atoms with Crippen molar-refractivity contribution < 1.29 is 4.79 Å². The van der Waals surface area contributed by atoms with E-state index in [4.69, 9.17) is 0 Å². The largest absolute Gasteiger partial charge is 0.338 e. The van der Waals surface area contributed by atoms with Crippen molar-refractivity contribution in [3.63, 3.8) is 0 Å². The van der Waals surface area contributed by atoms with E-state index in [9.17, 15) is 9.59 Å². The molecule has 1 saturated heterocycles. The molecule has 3 aromatic rings. The van der Waals surface area contributed by atoms with E-state index in [1.807, 2.05) is 29.3 Å². The third-order valence-corrected chi connectivity index (χ3v) is 4.91. The number of nitrogens with zero attached hydrogens (tertiary/aromatic N) is 4. The molecule has 0 bridgehead atoms. The van der Waals surface area contributed by atoms with Crippen molar-refractivity contribution in [3.8, 4) is 0 Å². The summed E-state index contributed by atoms with van der Waals surface area (Å²) in [4.78, 5) is 37.4. The molecular formula is C20H21N5O2. The first-order chi connectivity index (χ1) is 13.2. The fourth-order valence-corrected chi connectivity index (χ4v) is 3.58. The Morgan fingerprint density at radius 2 is 2.11 bits per heavy atom. The van der Waals surface area contributed by atoms with Crippen LogP contribution in [0.2, 0.25) is 0 Å². The van der Waals surface area contributed by atoms with Crippen LogP contribution < -0.4 is 5.56 Å². The van der Waals surface area contributed by atoms with E-state index >= 15 is 0 Å². The van der Waals surface area contributed by atoms with E-state index in [-0.39, 0.29) is 17.4 Å². The highest BCUT2D eigenvalue weighted by Crippen LogP contribution is 2.27. The molecule has 4 heterocycles. The van der Waals surface area contributed by atoms with Gasteiger partial charge in [0.2, 0.25) is 5.56 Å². The Kier molecular flexibility index (Phi) is 4.82. The standard InChI is InChI=1S/C20H21N5O2/c26-18-7-6-15(12-23-18)20(27)25-10-3-4-16(13-25)19-22-9-11-24(19)14-17-5-1-2-8-21-17/h1-2,5-9,11-12,16H,3-4,10,13-14H2,(H,23,26)/t16-/m0/s1. The van der Waals surface area contributed by atoms with E-state index in [0.717, 1.165) is 30.9 Å². The highest BCUT2D eigenvalue weighted by atomic mass is 16.2. The average molecular weight is 363 g/mol. The maximum absolute atomic E-state index is 12.8. The molecule has 0 radical (unpaired) electrons. The zero-order valence-electron chi connectivity index (χ0n) is 14.9. The number of hydrogen-bond donors (Lipinski definition) is 1. The zero-order valence-corrected chi connectivity index (χ0v) is 14.9. The molecule has 0 aromatic carbocycles. The number of imidazole rings is 1. The van der Waals surface area contributed by atoms with Crippen LogP contribution in [-0.2, 0) is 6.54 Å². The van der Waals surface area contributed by atoms with Gasteiger partial charge in [-0.3, -0.25) is 14.6 Å². The number of likely N-dealkylation sites (tertiary alicyclic amines) is 1. The molecule has 0 spiro atoms. The quantitative estimate of drug-likeness (QED) is 0.769. The van der Waals surface area contributed by atoms with Crippen LogP contribution in [0.1, 0.15) is 40.6 Å².